The summed E-state index contributed by atoms with van der Waals surface area (Å²) in [5.74, 6) is 0.463. The predicted octanol–water partition coefficient (Wildman–Crippen LogP) is 5.11. The number of oxazole rings is 1. The molecule has 0 spiro atoms. The summed E-state index contributed by atoms with van der Waals surface area (Å²) in [7, 11) is 1.32. The van der Waals surface area contributed by atoms with E-state index in [-0.39, 0.29) is 18.7 Å². The summed E-state index contributed by atoms with van der Waals surface area (Å²) in [6.07, 6.45) is 2.18. The second kappa shape index (κ2) is 10.4. The van der Waals surface area contributed by atoms with Crippen LogP contribution in [0.3, 0.4) is 0 Å². The lowest BCUT2D eigenvalue weighted by Crippen LogP contribution is -2.30. The highest BCUT2D eigenvalue weighted by atomic mass is 79.9. The molecule has 30 heavy (non-hydrogen) atoms. The van der Waals surface area contributed by atoms with E-state index in [9.17, 15) is 9.59 Å². The Bertz CT molecular complexity index is 1000. The van der Waals surface area contributed by atoms with Gasteiger partial charge in [-0.25, -0.2) is 4.98 Å². The first-order valence-electron chi connectivity index (χ1n) is 9.27. The van der Waals surface area contributed by atoms with E-state index >= 15 is 0 Å². The van der Waals surface area contributed by atoms with Crippen molar-refractivity contribution in [2.24, 2.45) is 0 Å². The van der Waals surface area contributed by atoms with Crippen LogP contribution in [0.2, 0.25) is 5.02 Å². The van der Waals surface area contributed by atoms with Crippen LogP contribution in [-0.2, 0) is 20.7 Å². The summed E-state index contributed by atoms with van der Waals surface area (Å²) < 4.78 is 11.4. The Morgan fingerprint density at radius 3 is 2.53 bits per heavy atom. The first-order valence-corrected chi connectivity index (χ1v) is 10.4. The smallest absolute Gasteiger partial charge is 0.307 e. The van der Waals surface area contributed by atoms with Gasteiger partial charge in [0.2, 0.25) is 5.91 Å². The van der Waals surface area contributed by atoms with Crippen LogP contribution < -0.4 is 5.32 Å². The first-order chi connectivity index (χ1) is 14.4. The maximum absolute atomic E-state index is 12.5. The quantitative estimate of drug-likeness (QED) is 0.443. The Balaban J connectivity index is 1.60. The van der Waals surface area contributed by atoms with Crippen LogP contribution in [0.1, 0.15) is 30.3 Å². The fourth-order valence-electron chi connectivity index (χ4n) is 2.86. The minimum absolute atomic E-state index is 0.0452. The molecule has 0 saturated carbocycles. The van der Waals surface area contributed by atoms with Gasteiger partial charge in [-0.05, 0) is 42.0 Å². The molecule has 1 N–H and O–H groups in total. The number of nitrogens with one attached hydrogen (secondary N) is 1. The molecule has 1 amide bonds. The van der Waals surface area contributed by atoms with Gasteiger partial charge in [-0.2, -0.15) is 0 Å². The zero-order chi connectivity index (χ0) is 21.5. The van der Waals surface area contributed by atoms with E-state index < -0.39 is 12.0 Å². The van der Waals surface area contributed by atoms with Gasteiger partial charge in [0.15, 0.2) is 11.7 Å². The normalized spacial score (nSPS) is 11.7. The highest BCUT2D eigenvalue weighted by Crippen LogP contribution is 2.23. The van der Waals surface area contributed by atoms with Crippen LogP contribution in [0.15, 0.2) is 63.6 Å². The van der Waals surface area contributed by atoms with Crippen molar-refractivity contribution in [2.45, 2.75) is 25.3 Å². The average Bonchev–Trinajstić information content (AvgIpc) is 3.22. The van der Waals surface area contributed by atoms with Gasteiger partial charge in [0, 0.05) is 27.9 Å². The van der Waals surface area contributed by atoms with Gasteiger partial charge in [-0.1, -0.05) is 39.7 Å². The number of ether oxygens (including phenoxy) is 1. The van der Waals surface area contributed by atoms with Crippen LogP contribution in [0.25, 0.3) is 11.3 Å². The maximum Gasteiger partial charge on any atom is 0.307 e. The minimum Gasteiger partial charge on any atom is -0.469 e. The maximum atomic E-state index is 12.5. The van der Waals surface area contributed by atoms with E-state index in [0.29, 0.717) is 23.1 Å². The summed E-state index contributed by atoms with van der Waals surface area (Å²) in [5.41, 5.74) is 1.68. The average molecular weight is 492 g/mol. The molecule has 0 saturated heterocycles. The van der Waals surface area contributed by atoms with Crippen molar-refractivity contribution in [1.29, 1.82) is 0 Å². The third-order valence-corrected chi connectivity index (χ3v) is 5.23. The van der Waals surface area contributed by atoms with E-state index in [4.69, 9.17) is 20.8 Å². The van der Waals surface area contributed by atoms with Crippen LogP contribution in [0.5, 0.6) is 0 Å². The van der Waals surface area contributed by atoms with Crippen molar-refractivity contribution < 1.29 is 18.7 Å². The Hall–Kier alpha value is -2.64. The molecule has 1 atom stereocenters. The van der Waals surface area contributed by atoms with E-state index in [1.54, 1.807) is 18.3 Å². The van der Waals surface area contributed by atoms with E-state index in [2.05, 4.69) is 26.2 Å². The van der Waals surface area contributed by atoms with E-state index in [1.807, 2.05) is 36.4 Å². The molecular formula is C22H20BrClN2O4. The molecule has 0 bridgehead atoms. The lowest BCUT2D eigenvalue weighted by Gasteiger charge is -2.18. The highest BCUT2D eigenvalue weighted by molar-refractivity contribution is 9.10. The number of aromatic nitrogens is 1. The summed E-state index contributed by atoms with van der Waals surface area (Å²) in [4.78, 5) is 28.5. The van der Waals surface area contributed by atoms with Gasteiger partial charge in [0.25, 0.3) is 0 Å². The topological polar surface area (TPSA) is 81.4 Å². The van der Waals surface area contributed by atoms with Gasteiger partial charge in [-0.3, -0.25) is 9.59 Å². The number of benzene rings is 2. The van der Waals surface area contributed by atoms with Crippen molar-refractivity contribution in [3.05, 3.63) is 75.7 Å². The van der Waals surface area contributed by atoms with Crippen LogP contribution in [-0.4, -0.2) is 24.0 Å². The second-order valence-corrected chi connectivity index (χ2v) is 7.93. The fourth-order valence-corrected chi connectivity index (χ4v) is 3.25. The number of hydrogen-bond acceptors (Lipinski definition) is 5. The number of carbonyl (C=O) groups is 2. The molecule has 1 aromatic heterocycles. The molecule has 0 aliphatic rings. The Kier molecular flexibility index (Phi) is 7.65. The third-order valence-electron chi connectivity index (χ3n) is 4.45. The molecule has 3 rings (SSSR count). The molecular weight excluding hydrogens is 472 g/mol. The van der Waals surface area contributed by atoms with Gasteiger partial charge in [0.05, 0.1) is 25.8 Å². The van der Waals surface area contributed by atoms with Gasteiger partial charge in [0.1, 0.15) is 0 Å². The number of nitrogens with zero attached hydrogens (tertiary/aromatic N) is 1. The molecule has 3 aromatic rings. The summed E-state index contributed by atoms with van der Waals surface area (Å²) in [6, 6.07) is 14.2. The van der Waals surface area contributed by atoms with Gasteiger partial charge in [-0.15, -0.1) is 0 Å². The third kappa shape index (κ3) is 6.18. The molecule has 1 unspecified atom stereocenters. The molecule has 6 nitrogen and oxygen atoms in total. The van der Waals surface area contributed by atoms with E-state index in [1.165, 1.54) is 7.11 Å². The number of rotatable bonds is 8. The van der Waals surface area contributed by atoms with Crippen molar-refractivity contribution in [3.63, 3.8) is 0 Å². The molecule has 0 radical (unpaired) electrons. The molecule has 0 aliphatic carbocycles. The van der Waals surface area contributed by atoms with Crippen molar-refractivity contribution >= 4 is 39.4 Å². The number of esters is 1. The van der Waals surface area contributed by atoms with Crippen LogP contribution >= 0.6 is 27.5 Å². The summed E-state index contributed by atoms with van der Waals surface area (Å²) >= 11 is 9.28. The largest absolute Gasteiger partial charge is 0.469 e. The number of amides is 1. The number of aryl methyl sites for hydroxylation is 1. The first kappa shape index (κ1) is 22.1. The molecule has 8 heteroatoms. The van der Waals surface area contributed by atoms with Crippen LogP contribution in [0.4, 0.5) is 0 Å². The van der Waals surface area contributed by atoms with Crippen LogP contribution in [0, 0.1) is 0 Å². The molecule has 0 fully saturated rings. The monoisotopic (exact) mass is 490 g/mol. The minimum atomic E-state index is -0.479. The fraction of sp³-hybridized carbons (Fsp3) is 0.227. The summed E-state index contributed by atoms with van der Waals surface area (Å²) in [5, 5.41) is 3.53. The zero-order valence-electron chi connectivity index (χ0n) is 16.2. The molecule has 2 aromatic carbocycles. The second-order valence-electron chi connectivity index (χ2n) is 6.58. The lowest BCUT2D eigenvalue weighted by molar-refractivity contribution is -0.141. The number of hydrogen-bond donors (Lipinski definition) is 1. The number of halogens is 2. The summed E-state index contributed by atoms with van der Waals surface area (Å²) in [6.45, 7) is 0. The predicted molar refractivity (Wildman–Crippen MR) is 117 cm³/mol. The standard InChI is InChI=1S/C22H20BrClN2O4/c1-29-22(28)12-18(14-2-6-16(23)7-3-14)26-20(27)10-11-21-25-13-19(30-21)15-4-8-17(24)9-5-15/h2-9,13,18H,10-12H2,1H3,(H,26,27). The Morgan fingerprint density at radius 1 is 1.17 bits per heavy atom. The highest BCUT2D eigenvalue weighted by Gasteiger charge is 2.19. The SMILES string of the molecule is COC(=O)CC(NC(=O)CCc1ncc(-c2ccc(Cl)cc2)o1)c1ccc(Br)cc1. The van der Waals surface area contributed by atoms with Gasteiger partial charge < -0.3 is 14.5 Å². The number of carbonyl (C=O) groups excluding carboxylic acids is 2. The van der Waals surface area contributed by atoms with E-state index in [0.717, 1.165) is 15.6 Å². The van der Waals surface area contributed by atoms with Crippen molar-refractivity contribution in [3.8, 4) is 11.3 Å². The molecule has 156 valence electrons. The van der Waals surface area contributed by atoms with Crippen molar-refractivity contribution in [2.75, 3.05) is 7.11 Å². The Morgan fingerprint density at radius 2 is 1.87 bits per heavy atom. The lowest BCUT2D eigenvalue weighted by atomic mass is 10.0. The molecule has 0 aliphatic heterocycles. The molecule has 1 heterocycles. The van der Waals surface area contributed by atoms with Gasteiger partial charge >= 0.3 is 5.97 Å². The van der Waals surface area contributed by atoms with Crippen molar-refractivity contribution in [1.82, 2.24) is 10.3 Å². The Labute approximate surface area is 187 Å². The number of methoxy groups -OCH3 is 1. The zero-order valence-corrected chi connectivity index (χ0v) is 18.6.